The summed E-state index contributed by atoms with van der Waals surface area (Å²) in [5, 5.41) is 0. The molecule has 0 aliphatic carbocycles. The molecule has 0 aromatic heterocycles. The first-order chi connectivity index (χ1) is 8.08. The van der Waals surface area contributed by atoms with Crippen molar-refractivity contribution >= 4 is 21.7 Å². The van der Waals surface area contributed by atoms with Crippen LogP contribution in [0.1, 0.15) is 15.9 Å². The summed E-state index contributed by atoms with van der Waals surface area (Å²) in [5.74, 6) is -2.33. The van der Waals surface area contributed by atoms with Gasteiger partial charge in [0.25, 0.3) is 0 Å². The van der Waals surface area contributed by atoms with Gasteiger partial charge in [0.1, 0.15) is 0 Å². The number of hydrogen-bond donors (Lipinski definition) is 0. The van der Waals surface area contributed by atoms with Gasteiger partial charge in [-0.15, -0.1) is 0 Å². The molecule has 2 rings (SSSR count). The highest BCUT2D eigenvalue weighted by molar-refractivity contribution is 9.10. The molecule has 86 valence electrons. The molecule has 0 spiro atoms. The van der Waals surface area contributed by atoms with Gasteiger partial charge in [0, 0.05) is 15.6 Å². The van der Waals surface area contributed by atoms with E-state index in [-0.39, 0.29) is 11.3 Å². The van der Waals surface area contributed by atoms with E-state index in [0.717, 1.165) is 16.6 Å². The average molecular weight is 297 g/mol. The molecule has 0 heterocycles. The Labute approximate surface area is 105 Å². The van der Waals surface area contributed by atoms with Gasteiger partial charge >= 0.3 is 0 Å². The fourth-order valence-corrected chi connectivity index (χ4v) is 1.83. The smallest absolute Gasteiger partial charge is 0.193 e. The number of carbonyl (C=O) groups is 1. The molecule has 1 nitrogen and oxygen atoms in total. The van der Waals surface area contributed by atoms with Crippen LogP contribution in [0.15, 0.2) is 46.9 Å². The monoisotopic (exact) mass is 296 g/mol. The zero-order valence-corrected chi connectivity index (χ0v) is 10.2. The summed E-state index contributed by atoms with van der Waals surface area (Å²) in [4.78, 5) is 12.0. The Hall–Kier alpha value is -1.55. The van der Waals surface area contributed by atoms with Crippen LogP contribution in [0.5, 0.6) is 0 Å². The lowest BCUT2D eigenvalue weighted by Gasteiger charge is -2.02. The van der Waals surface area contributed by atoms with Crippen molar-refractivity contribution in [1.82, 2.24) is 0 Å². The molecule has 0 saturated heterocycles. The molecule has 0 atom stereocenters. The van der Waals surface area contributed by atoms with E-state index in [4.69, 9.17) is 0 Å². The van der Waals surface area contributed by atoms with Crippen LogP contribution in [0, 0.1) is 11.6 Å². The van der Waals surface area contributed by atoms with E-state index in [1.807, 2.05) is 0 Å². The van der Waals surface area contributed by atoms with Gasteiger partial charge in [-0.1, -0.05) is 28.1 Å². The number of benzene rings is 2. The molecule has 0 bridgehead atoms. The highest BCUT2D eigenvalue weighted by atomic mass is 79.9. The van der Waals surface area contributed by atoms with E-state index in [1.165, 1.54) is 6.07 Å². The van der Waals surface area contributed by atoms with Gasteiger partial charge < -0.3 is 0 Å². The van der Waals surface area contributed by atoms with Crippen LogP contribution in [0.25, 0.3) is 0 Å². The van der Waals surface area contributed by atoms with Crippen molar-refractivity contribution in [2.24, 2.45) is 0 Å². The Bertz CT molecular complexity index is 581. The van der Waals surface area contributed by atoms with Gasteiger partial charge in [-0.05, 0) is 30.3 Å². The van der Waals surface area contributed by atoms with Crippen LogP contribution in [0.4, 0.5) is 8.78 Å². The van der Waals surface area contributed by atoms with Crippen LogP contribution in [-0.4, -0.2) is 5.78 Å². The van der Waals surface area contributed by atoms with E-state index in [0.29, 0.717) is 5.56 Å². The van der Waals surface area contributed by atoms with Gasteiger partial charge in [0.2, 0.25) is 0 Å². The molecular formula is C13H7BrF2O. The third-order valence-electron chi connectivity index (χ3n) is 2.27. The van der Waals surface area contributed by atoms with Gasteiger partial charge in [0.05, 0.1) is 0 Å². The molecule has 0 aliphatic heterocycles. The topological polar surface area (TPSA) is 17.1 Å². The number of carbonyl (C=O) groups excluding carboxylic acids is 1. The number of rotatable bonds is 2. The lowest BCUT2D eigenvalue weighted by Crippen LogP contribution is -2.02. The van der Waals surface area contributed by atoms with Crippen molar-refractivity contribution in [3.63, 3.8) is 0 Å². The normalized spacial score (nSPS) is 10.3. The molecule has 0 aliphatic rings. The molecule has 2 aromatic carbocycles. The van der Waals surface area contributed by atoms with Gasteiger partial charge in [-0.25, -0.2) is 8.78 Å². The van der Waals surface area contributed by atoms with Crippen LogP contribution in [-0.2, 0) is 0 Å². The molecule has 0 amide bonds. The minimum Gasteiger partial charge on any atom is -0.289 e. The van der Waals surface area contributed by atoms with Gasteiger partial charge in [-0.2, -0.15) is 0 Å². The Morgan fingerprint density at radius 2 is 1.65 bits per heavy atom. The van der Waals surface area contributed by atoms with E-state index in [1.54, 1.807) is 24.3 Å². The van der Waals surface area contributed by atoms with E-state index in [9.17, 15) is 13.6 Å². The molecular weight excluding hydrogens is 290 g/mol. The maximum atomic E-state index is 13.0. The SMILES string of the molecule is O=C(c1cccc(Br)c1)c1ccc(F)c(F)c1. The molecule has 2 aromatic rings. The molecule has 0 unspecified atom stereocenters. The van der Waals surface area contributed by atoms with Crippen molar-refractivity contribution < 1.29 is 13.6 Å². The Kier molecular flexibility index (Phi) is 3.33. The van der Waals surface area contributed by atoms with E-state index in [2.05, 4.69) is 15.9 Å². The Balaban J connectivity index is 2.40. The minimum atomic E-state index is -1.02. The summed E-state index contributed by atoms with van der Waals surface area (Å²) >= 11 is 3.24. The standard InChI is InChI=1S/C13H7BrF2O/c14-10-3-1-2-8(6-10)13(17)9-4-5-11(15)12(16)7-9/h1-7H. The summed E-state index contributed by atoms with van der Waals surface area (Å²) in [6.45, 7) is 0. The second-order valence-corrected chi connectivity index (χ2v) is 4.38. The summed E-state index contributed by atoms with van der Waals surface area (Å²) < 4.78 is 26.5. The van der Waals surface area contributed by atoms with Gasteiger partial charge in [-0.3, -0.25) is 4.79 Å². The van der Waals surface area contributed by atoms with Gasteiger partial charge in [0.15, 0.2) is 17.4 Å². The second-order valence-electron chi connectivity index (χ2n) is 3.47. The third-order valence-corrected chi connectivity index (χ3v) is 2.76. The van der Waals surface area contributed by atoms with Crippen molar-refractivity contribution in [2.75, 3.05) is 0 Å². The average Bonchev–Trinajstić information content (AvgIpc) is 2.32. The zero-order valence-electron chi connectivity index (χ0n) is 8.58. The van der Waals surface area contributed by atoms with Crippen molar-refractivity contribution in [3.05, 3.63) is 69.7 Å². The first-order valence-corrected chi connectivity index (χ1v) is 5.62. The predicted octanol–water partition coefficient (Wildman–Crippen LogP) is 3.96. The molecule has 4 heteroatoms. The second kappa shape index (κ2) is 4.75. The summed E-state index contributed by atoms with van der Waals surface area (Å²) in [6, 6.07) is 9.85. The fourth-order valence-electron chi connectivity index (χ4n) is 1.43. The zero-order chi connectivity index (χ0) is 12.4. The quantitative estimate of drug-likeness (QED) is 0.767. The van der Waals surface area contributed by atoms with Crippen LogP contribution in [0.3, 0.4) is 0 Å². The largest absolute Gasteiger partial charge is 0.289 e. The predicted molar refractivity (Wildman–Crippen MR) is 63.9 cm³/mol. The summed E-state index contributed by atoms with van der Waals surface area (Å²) in [7, 11) is 0. The fraction of sp³-hybridized carbons (Fsp3) is 0. The molecule has 0 saturated carbocycles. The number of hydrogen-bond acceptors (Lipinski definition) is 1. The number of halogens is 3. The van der Waals surface area contributed by atoms with Crippen LogP contribution >= 0.6 is 15.9 Å². The molecule has 17 heavy (non-hydrogen) atoms. The highest BCUT2D eigenvalue weighted by Gasteiger charge is 2.11. The molecule has 0 N–H and O–H groups in total. The third kappa shape index (κ3) is 2.58. The summed E-state index contributed by atoms with van der Waals surface area (Å²) in [5.41, 5.74) is 0.549. The van der Waals surface area contributed by atoms with Crippen molar-refractivity contribution in [3.8, 4) is 0 Å². The summed E-state index contributed by atoms with van der Waals surface area (Å²) in [6.07, 6.45) is 0. The van der Waals surface area contributed by atoms with E-state index < -0.39 is 11.6 Å². The number of ketones is 1. The molecule has 0 radical (unpaired) electrons. The lowest BCUT2D eigenvalue weighted by molar-refractivity contribution is 0.103. The first kappa shape index (κ1) is 11.9. The van der Waals surface area contributed by atoms with Crippen molar-refractivity contribution in [1.29, 1.82) is 0 Å². The first-order valence-electron chi connectivity index (χ1n) is 4.83. The minimum absolute atomic E-state index is 0.127. The molecule has 0 fully saturated rings. The van der Waals surface area contributed by atoms with Crippen molar-refractivity contribution in [2.45, 2.75) is 0 Å². The highest BCUT2D eigenvalue weighted by Crippen LogP contribution is 2.17. The Morgan fingerprint density at radius 3 is 2.29 bits per heavy atom. The van der Waals surface area contributed by atoms with E-state index >= 15 is 0 Å². The van der Waals surface area contributed by atoms with Crippen LogP contribution in [0.2, 0.25) is 0 Å². The van der Waals surface area contributed by atoms with Crippen LogP contribution < -0.4 is 0 Å². The lowest BCUT2D eigenvalue weighted by atomic mass is 10.0. The Morgan fingerprint density at radius 1 is 0.941 bits per heavy atom. The maximum absolute atomic E-state index is 13.0. The maximum Gasteiger partial charge on any atom is 0.193 e.